The maximum absolute atomic E-state index is 11.7. The Balaban J connectivity index is 3.18. The Hall–Kier alpha value is -1.08. The number of sulfone groups is 1. The SMILES string of the molecule is CN(CCC(=O)O)c1c(Br)cccc1S(C)(=O)=O. The van der Waals surface area contributed by atoms with Crippen LogP contribution in [0.25, 0.3) is 0 Å². The number of para-hydroxylation sites is 1. The zero-order chi connectivity index (χ0) is 13.9. The first-order chi connectivity index (χ1) is 8.23. The molecule has 0 spiro atoms. The molecule has 18 heavy (non-hydrogen) atoms. The normalized spacial score (nSPS) is 11.3. The van der Waals surface area contributed by atoms with Gasteiger partial charge < -0.3 is 10.0 Å². The summed E-state index contributed by atoms with van der Waals surface area (Å²) in [6, 6.07) is 4.86. The summed E-state index contributed by atoms with van der Waals surface area (Å²) in [6.07, 6.45) is 1.07. The van der Waals surface area contributed by atoms with Gasteiger partial charge in [-0.1, -0.05) is 6.07 Å². The van der Waals surface area contributed by atoms with Gasteiger partial charge in [0, 0.05) is 24.3 Å². The Labute approximate surface area is 114 Å². The van der Waals surface area contributed by atoms with Crippen LogP contribution in [0.2, 0.25) is 0 Å². The average Bonchev–Trinajstić information content (AvgIpc) is 2.24. The molecule has 0 aromatic heterocycles. The molecule has 0 unspecified atom stereocenters. The Kier molecular flexibility index (Phi) is 4.75. The first kappa shape index (κ1) is 15.0. The summed E-state index contributed by atoms with van der Waals surface area (Å²) in [5.41, 5.74) is 0.487. The second kappa shape index (κ2) is 5.71. The molecular weight excluding hydrogens is 322 g/mol. The monoisotopic (exact) mass is 335 g/mol. The molecule has 0 fully saturated rings. The second-order valence-electron chi connectivity index (χ2n) is 3.92. The highest BCUT2D eigenvalue weighted by molar-refractivity contribution is 9.10. The van der Waals surface area contributed by atoms with Crippen LogP contribution in [0.1, 0.15) is 6.42 Å². The van der Waals surface area contributed by atoms with Crippen molar-refractivity contribution in [2.45, 2.75) is 11.3 Å². The van der Waals surface area contributed by atoms with Crippen LogP contribution in [0.5, 0.6) is 0 Å². The van der Waals surface area contributed by atoms with E-state index in [4.69, 9.17) is 5.11 Å². The van der Waals surface area contributed by atoms with E-state index < -0.39 is 15.8 Å². The number of hydrogen-bond acceptors (Lipinski definition) is 4. The third-order valence-electron chi connectivity index (χ3n) is 2.39. The molecule has 0 amide bonds. The van der Waals surface area contributed by atoms with Gasteiger partial charge >= 0.3 is 5.97 Å². The van der Waals surface area contributed by atoms with Gasteiger partial charge in [-0.25, -0.2) is 8.42 Å². The van der Waals surface area contributed by atoms with E-state index >= 15 is 0 Å². The zero-order valence-electron chi connectivity index (χ0n) is 10.1. The first-order valence-corrected chi connectivity index (χ1v) is 7.83. The topological polar surface area (TPSA) is 74.7 Å². The number of aliphatic carboxylic acids is 1. The first-order valence-electron chi connectivity index (χ1n) is 5.15. The van der Waals surface area contributed by atoms with E-state index in [0.717, 1.165) is 6.26 Å². The number of carboxylic acids is 1. The third-order valence-corrected chi connectivity index (χ3v) is 4.16. The highest BCUT2D eigenvalue weighted by Gasteiger charge is 2.19. The van der Waals surface area contributed by atoms with Crippen molar-refractivity contribution in [1.29, 1.82) is 0 Å². The van der Waals surface area contributed by atoms with Crippen LogP contribution >= 0.6 is 15.9 Å². The lowest BCUT2D eigenvalue weighted by molar-refractivity contribution is -0.136. The minimum atomic E-state index is -3.36. The van der Waals surface area contributed by atoms with Crippen molar-refractivity contribution in [3.8, 4) is 0 Å². The lowest BCUT2D eigenvalue weighted by Gasteiger charge is -2.22. The Morgan fingerprint density at radius 2 is 2.06 bits per heavy atom. The number of carboxylic acid groups (broad SMARTS) is 1. The number of carbonyl (C=O) groups is 1. The maximum atomic E-state index is 11.7. The Morgan fingerprint density at radius 3 is 2.56 bits per heavy atom. The van der Waals surface area contributed by atoms with Crippen LogP contribution in [0.15, 0.2) is 27.6 Å². The van der Waals surface area contributed by atoms with Crippen LogP contribution in [0, 0.1) is 0 Å². The summed E-state index contributed by atoms with van der Waals surface area (Å²) in [7, 11) is -1.69. The molecule has 0 bridgehead atoms. The summed E-state index contributed by atoms with van der Waals surface area (Å²) in [6.45, 7) is 0.237. The molecule has 0 aliphatic rings. The lowest BCUT2D eigenvalue weighted by Crippen LogP contribution is -2.23. The number of nitrogens with zero attached hydrogens (tertiary/aromatic N) is 1. The molecule has 0 aliphatic carbocycles. The van der Waals surface area contributed by atoms with Crippen molar-refractivity contribution in [2.75, 3.05) is 24.7 Å². The van der Waals surface area contributed by atoms with Gasteiger partial charge in [-0.2, -0.15) is 0 Å². The molecule has 0 saturated heterocycles. The summed E-state index contributed by atoms with van der Waals surface area (Å²) in [5, 5.41) is 8.65. The van der Waals surface area contributed by atoms with Gasteiger partial charge in [0.25, 0.3) is 0 Å². The van der Waals surface area contributed by atoms with Crippen molar-refractivity contribution >= 4 is 37.4 Å². The fraction of sp³-hybridized carbons (Fsp3) is 0.364. The molecule has 0 saturated carbocycles. The van der Waals surface area contributed by atoms with Crippen molar-refractivity contribution in [3.05, 3.63) is 22.7 Å². The fourth-order valence-electron chi connectivity index (χ4n) is 1.54. The van der Waals surface area contributed by atoms with Gasteiger partial charge in [-0.05, 0) is 28.1 Å². The van der Waals surface area contributed by atoms with Crippen LogP contribution in [0.3, 0.4) is 0 Å². The van der Waals surface area contributed by atoms with Crippen LogP contribution in [0.4, 0.5) is 5.69 Å². The van der Waals surface area contributed by atoms with Crippen LogP contribution in [-0.2, 0) is 14.6 Å². The largest absolute Gasteiger partial charge is 0.481 e. The molecule has 7 heteroatoms. The van der Waals surface area contributed by atoms with Gasteiger partial charge in [0.05, 0.1) is 17.0 Å². The molecule has 1 aromatic rings. The number of rotatable bonds is 5. The summed E-state index contributed by atoms with van der Waals surface area (Å²) >= 11 is 3.29. The highest BCUT2D eigenvalue weighted by atomic mass is 79.9. The minimum Gasteiger partial charge on any atom is -0.481 e. The zero-order valence-corrected chi connectivity index (χ0v) is 12.5. The lowest BCUT2D eigenvalue weighted by atomic mass is 10.3. The maximum Gasteiger partial charge on any atom is 0.305 e. The van der Waals surface area contributed by atoms with Crippen molar-refractivity contribution in [1.82, 2.24) is 0 Å². The third kappa shape index (κ3) is 3.71. The Bertz CT molecular complexity index is 556. The molecule has 5 nitrogen and oxygen atoms in total. The summed E-state index contributed by atoms with van der Waals surface area (Å²) in [4.78, 5) is 12.3. The number of anilines is 1. The number of benzene rings is 1. The van der Waals surface area contributed by atoms with E-state index in [9.17, 15) is 13.2 Å². The van der Waals surface area contributed by atoms with Crippen molar-refractivity contribution < 1.29 is 18.3 Å². The smallest absolute Gasteiger partial charge is 0.305 e. The quantitative estimate of drug-likeness (QED) is 0.887. The molecule has 0 atom stereocenters. The van der Waals surface area contributed by atoms with Crippen molar-refractivity contribution in [3.63, 3.8) is 0 Å². The minimum absolute atomic E-state index is 0.0545. The van der Waals surface area contributed by atoms with E-state index in [-0.39, 0.29) is 17.9 Å². The Morgan fingerprint density at radius 1 is 1.44 bits per heavy atom. The van der Waals surface area contributed by atoms with Crippen molar-refractivity contribution in [2.24, 2.45) is 0 Å². The van der Waals surface area contributed by atoms with Crippen LogP contribution in [-0.4, -0.2) is 39.3 Å². The predicted molar refractivity (Wildman–Crippen MR) is 72.8 cm³/mol. The summed E-state index contributed by atoms with van der Waals surface area (Å²) in [5.74, 6) is -0.921. The molecule has 0 aliphatic heterocycles. The van der Waals surface area contributed by atoms with Gasteiger partial charge in [-0.15, -0.1) is 0 Å². The molecule has 1 rings (SSSR count). The average molecular weight is 336 g/mol. The van der Waals surface area contributed by atoms with Gasteiger partial charge in [-0.3, -0.25) is 4.79 Å². The predicted octanol–water partition coefficient (Wildman–Crippen LogP) is 1.76. The van der Waals surface area contributed by atoms with E-state index in [0.29, 0.717) is 10.2 Å². The van der Waals surface area contributed by atoms with Gasteiger partial charge in [0.15, 0.2) is 9.84 Å². The highest BCUT2D eigenvalue weighted by Crippen LogP contribution is 2.32. The van der Waals surface area contributed by atoms with E-state index in [1.807, 2.05) is 0 Å². The molecule has 0 radical (unpaired) electrons. The molecule has 1 aromatic carbocycles. The van der Waals surface area contributed by atoms with Gasteiger partial charge in [0.2, 0.25) is 0 Å². The van der Waals surface area contributed by atoms with Gasteiger partial charge in [0.1, 0.15) is 0 Å². The van der Waals surface area contributed by atoms with Crippen LogP contribution < -0.4 is 4.90 Å². The van der Waals surface area contributed by atoms with E-state index in [1.54, 1.807) is 24.1 Å². The number of halogens is 1. The molecule has 100 valence electrons. The molecular formula is C11H14BrNO4S. The second-order valence-corrected chi connectivity index (χ2v) is 6.76. The van der Waals surface area contributed by atoms with E-state index in [2.05, 4.69) is 15.9 Å². The molecule has 0 heterocycles. The summed E-state index contributed by atoms with van der Waals surface area (Å²) < 4.78 is 24.0. The number of hydrogen-bond donors (Lipinski definition) is 1. The fourth-order valence-corrected chi connectivity index (χ4v) is 3.28. The van der Waals surface area contributed by atoms with E-state index in [1.165, 1.54) is 6.07 Å². The standard InChI is InChI=1S/C11H14BrNO4S/c1-13(7-6-10(14)15)11-8(12)4-3-5-9(11)18(2,16)17/h3-5H,6-7H2,1-2H3,(H,14,15). The molecule has 1 N–H and O–H groups in total.